The molecule has 0 spiro atoms. The molecule has 24 valence electrons. The van der Waals surface area contributed by atoms with E-state index in [-0.39, 0.29) is 51.4 Å². The fourth-order valence-electron chi connectivity index (χ4n) is 0. The van der Waals surface area contributed by atoms with Crippen molar-refractivity contribution in [1.82, 2.24) is 0 Å². The van der Waals surface area contributed by atoms with Gasteiger partial charge in [-0.25, -0.2) is 0 Å². The molecule has 0 saturated heterocycles. The Hall–Kier alpha value is 1.13. The van der Waals surface area contributed by atoms with Gasteiger partial charge in [0, 0.05) is 6.42 Å². The van der Waals surface area contributed by atoms with E-state index in [4.69, 9.17) is 5.26 Å². The Morgan fingerprint density at radius 1 is 1.80 bits per heavy atom. The van der Waals surface area contributed by atoms with Crippen molar-refractivity contribution in [1.29, 1.82) is 5.26 Å². The summed E-state index contributed by atoms with van der Waals surface area (Å²) in [6.07, 6.45) is 0.625. The van der Waals surface area contributed by atoms with Crippen molar-refractivity contribution in [3.8, 4) is 6.07 Å². The molecule has 0 atom stereocenters. The summed E-state index contributed by atoms with van der Waals surface area (Å²) in [5.41, 5.74) is 0. The van der Waals surface area contributed by atoms with Crippen molar-refractivity contribution < 1.29 is 0 Å². The second-order valence-corrected chi connectivity index (χ2v) is 0.512. The van der Waals surface area contributed by atoms with Crippen LogP contribution < -0.4 is 0 Å². The van der Waals surface area contributed by atoms with Gasteiger partial charge in [-0.15, -0.1) is 0 Å². The molecule has 5 heavy (non-hydrogen) atoms. The molecule has 2 heteroatoms. The van der Waals surface area contributed by atoms with E-state index in [2.05, 4.69) is 0 Å². The first-order valence-electron chi connectivity index (χ1n) is 1.28. The van der Waals surface area contributed by atoms with Crippen LogP contribution in [0.4, 0.5) is 0 Å². The minimum atomic E-state index is 0. The molecule has 0 unspecified atom stereocenters. The van der Waals surface area contributed by atoms with E-state index in [0.717, 1.165) is 0 Å². The Balaban J connectivity index is 0. The quantitative estimate of drug-likeness (QED) is 0.396. The molecule has 0 bridgehead atoms. The van der Waals surface area contributed by atoms with Crippen LogP contribution in [0.2, 0.25) is 0 Å². The first kappa shape index (κ1) is 9.46. The van der Waals surface area contributed by atoms with Crippen LogP contribution in [0.25, 0.3) is 0 Å². The van der Waals surface area contributed by atoms with Crippen LogP contribution in [0.3, 0.4) is 0 Å². The standard InChI is InChI=1S/C3H5N.K.H/c1-2-3-4;;/h2H2,1H3;;. The van der Waals surface area contributed by atoms with Crippen molar-refractivity contribution >= 4 is 51.4 Å². The minimum absolute atomic E-state index is 0. The summed E-state index contributed by atoms with van der Waals surface area (Å²) in [7, 11) is 0. The van der Waals surface area contributed by atoms with Crippen LogP contribution in [-0.4, -0.2) is 51.4 Å². The number of hydrogen-bond acceptors (Lipinski definition) is 1. The van der Waals surface area contributed by atoms with Gasteiger partial charge < -0.3 is 0 Å². The van der Waals surface area contributed by atoms with E-state index in [1.807, 2.05) is 13.0 Å². The number of hydrogen-bond donors (Lipinski definition) is 0. The Morgan fingerprint density at radius 2 is 2.00 bits per heavy atom. The third-order valence-electron chi connectivity index (χ3n) is 0.158. The van der Waals surface area contributed by atoms with E-state index in [0.29, 0.717) is 6.42 Å². The Kier molecular flexibility index (Phi) is 16.9. The third-order valence-corrected chi connectivity index (χ3v) is 0.158. The molecule has 0 aromatic carbocycles. The molecule has 0 aliphatic rings. The molecule has 0 rings (SSSR count). The summed E-state index contributed by atoms with van der Waals surface area (Å²) < 4.78 is 0. The summed E-state index contributed by atoms with van der Waals surface area (Å²) in [5.74, 6) is 0. The molecule has 0 aromatic heterocycles. The van der Waals surface area contributed by atoms with Gasteiger partial charge in [0.15, 0.2) is 0 Å². The van der Waals surface area contributed by atoms with E-state index in [1.165, 1.54) is 0 Å². The number of nitriles is 1. The summed E-state index contributed by atoms with van der Waals surface area (Å²) in [6, 6.07) is 1.93. The summed E-state index contributed by atoms with van der Waals surface area (Å²) in [6.45, 7) is 1.82. The number of nitrogens with zero attached hydrogens (tertiary/aromatic N) is 1. The molecule has 0 fully saturated rings. The van der Waals surface area contributed by atoms with Crippen molar-refractivity contribution in [2.45, 2.75) is 13.3 Å². The molecular formula is C3H6KN. The van der Waals surface area contributed by atoms with E-state index in [9.17, 15) is 0 Å². The van der Waals surface area contributed by atoms with Crippen LogP contribution in [0, 0.1) is 11.3 Å². The van der Waals surface area contributed by atoms with Crippen LogP contribution in [0.5, 0.6) is 0 Å². The van der Waals surface area contributed by atoms with Gasteiger partial charge >= 0.3 is 51.4 Å². The van der Waals surface area contributed by atoms with Crippen LogP contribution in [0.1, 0.15) is 13.3 Å². The Morgan fingerprint density at radius 3 is 2.00 bits per heavy atom. The maximum atomic E-state index is 7.62. The molecule has 0 saturated carbocycles. The molecular weight excluding hydrogens is 89.1 g/mol. The Labute approximate surface area is 74.8 Å². The van der Waals surface area contributed by atoms with Crippen molar-refractivity contribution in [2.24, 2.45) is 0 Å². The van der Waals surface area contributed by atoms with Gasteiger partial charge in [-0.1, -0.05) is 6.92 Å². The topological polar surface area (TPSA) is 23.8 Å². The molecule has 0 aromatic rings. The SMILES string of the molecule is CCC#N.[KH]. The molecule has 0 aliphatic heterocycles. The summed E-state index contributed by atoms with van der Waals surface area (Å²) in [5, 5.41) is 7.62. The van der Waals surface area contributed by atoms with Gasteiger partial charge in [-0.05, 0) is 0 Å². The van der Waals surface area contributed by atoms with Gasteiger partial charge in [0.2, 0.25) is 0 Å². The van der Waals surface area contributed by atoms with Crippen molar-refractivity contribution in [2.75, 3.05) is 0 Å². The molecule has 0 N–H and O–H groups in total. The molecule has 0 amide bonds. The van der Waals surface area contributed by atoms with Crippen molar-refractivity contribution in [3.63, 3.8) is 0 Å². The summed E-state index contributed by atoms with van der Waals surface area (Å²) >= 11 is 0. The average Bonchev–Trinajstić information content (AvgIpc) is 1.37. The van der Waals surface area contributed by atoms with Crippen LogP contribution in [0.15, 0.2) is 0 Å². The predicted molar refractivity (Wildman–Crippen MR) is 23.1 cm³/mol. The fourth-order valence-corrected chi connectivity index (χ4v) is 0. The van der Waals surface area contributed by atoms with Crippen LogP contribution >= 0.6 is 0 Å². The maximum absolute atomic E-state index is 7.62. The summed E-state index contributed by atoms with van der Waals surface area (Å²) in [4.78, 5) is 0. The predicted octanol–water partition coefficient (Wildman–Crippen LogP) is 0.271. The molecule has 1 nitrogen and oxygen atoms in total. The molecule has 0 aliphatic carbocycles. The average molecular weight is 95.2 g/mol. The van der Waals surface area contributed by atoms with Gasteiger partial charge in [0.25, 0.3) is 0 Å². The molecule has 0 radical (unpaired) electrons. The zero-order valence-corrected chi connectivity index (χ0v) is 2.65. The normalized spacial score (nSPS) is 4.00. The van der Waals surface area contributed by atoms with Crippen LogP contribution in [-0.2, 0) is 0 Å². The second kappa shape index (κ2) is 8.93. The van der Waals surface area contributed by atoms with Crippen molar-refractivity contribution in [3.05, 3.63) is 0 Å². The zero-order valence-electron chi connectivity index (χ0n) is 2.65. The fraction of sp³-hybridized carbons (Fsp3) is 0.667. The van der Waals surface area contributed by atoms with E-state index in [1.54, 1.807) is 0 Å². The number of rotatable bonds is 0. The van der Waals surface area contributed by atoms with E-state index < -0.39 is 0 Å². The van der Waals surface area contributed by atoms with E-state index >= 15 is 0 Å². The van der Waals surface area contributed by atoms with Gasteiger partial charge in [0.05, 0.1) is 6.07 Å². The molecule has 0 heterocycles. The second-order valence-electron chi connectivity index (χ2n) is 0.512. The van der Waals surface area contributed by atoms with Gasteiger partial charge in [-0.2, -0.15) is 5.26 Å². The van der Waals surface area contributed by atoms with Gasteiger partial charge in [0.1, 0.15) is 0 Å². The zero-order chi connectivity index (χ0) is 3.41. The third kappa shape index (κ3) is 11.1. The monoisotopic (exact) mass is 95.0 g/mol. The first-order chi connectivity index (χ1) is 1.91. The van der Waals surface area contributed by atoms with Gasteiger partial charge in [-0.3, -0.25) is 0 Å². The Bertz CT molecular complexity index is 36.6. The first-order valence-corrected chi connectivity index (χ1v) is 1.28.